The van der Waals surface area contributed by atoms with Crippen molar-refractivity contribution in [3.05, 3.63) is 34.9 Å². The van der Waals surface area contributed by atoms with Crippen LogP contribution in [-0.4, -0.2) is 16.8 Å². The third-order valence-electron chi connectivity index (χ3n) is 3.12. The number of alkyl halides is 1. The maximum absolute atomic E-state index is 12.1. The van der Waals surface area contributed by atoms with E-state index in [9.17, 15) is 4.79 Å². The standard InChI is InChI=1S/C13H15BrClNO/c14-10-6-2-4-8-12(10)16-13(17)9-5-1-3-7-11(9)15/h1,3,5,7,10,12H,2,4,6,8H2,(H,16,17). The lowest BCUT2D eigenvalue weighted by atomic mass is 9.95. The van der Waals surface area contributed by atoms with Crippen LogP contribution in [0, 0.1) is 0 Å². The molecule has 1 fully saturated rings. The molecule has 0 saturated heterocycles. The summed E-state index contributed by atoms with van der Waals surface area (Å²) < 4.78 is 0. The number of carbonyl (C=O) groups is 1. The molecule has 1 aromatic rings. The smallest absolute Gasteiger partial charge is 0.253 e. The predicted octanol–water partition coefficient (Wildman–Crippen LogP) is 3.78. The molecule has 17 heavy (non-hydrogen) atoms. The summed E-state index contributed by atoms with van der Waals surface area (Å²) in [7, 11) is 0. The van der Waals surface area contributed by atoms with Gasteiger partial charge in [0.1, 0.15) is 0 Å². The number of rotatable bonds is 2. The summed E-state index contributed by atoms with van der Waals surface area (Å²) in [5.41, 5.74) is 0.555. The normalized spacial score (nSPS) is 24.4. The molecule has 4 heteroatoms. The summed E-state index contributed by atoms with van der Waals surface area (Å²) in [4.78, 5) is 12.4. The largest absolute Gasteiger partial charge is 0.348 e. The fourth-order valence-electron chi connectivity index (χ4n) is 2.14. The molecular weight excluding hydrogens is 302 g/mol. The first-order chi connectivity index (χ1) is 8.18. The third kappa shape index (κ3) is 3.23. The molecule has 92 valence electrons. The number of nitrogens with one attached hydrogen (secondary N) is 1. The summed E-state index contributed by atoms with van der Waals surface area (Å²) >= 11 is 9.63. The molecule has 0 heterocycles. The van der Waals surface area contributed by atoms with Gasteiger partial charge in [0, 0.05) is 10.9 Å². The first-order valence-corrected chi connectivity index (χ1v) is 7.17. The number of hydrogen-bond acceptors (Lipinski definition) is 1. The molecule has 1 aliphatic carbocycles. The Kier molecular flexibility index (Phi) is 4.46. The van der Waals surface area contributed by atoms with E-state index >= 15 is 0 Å². The van der Waals surface area contributed by atoms with Crippen LogP contribution in [-0.2, 0) is 0 Å². The molecule has 2 atom stereocenters. The molecule has 2 nitrogen and oxygen atoms in total. The average Bonchev–Trinajstić information content (AvgIpc) is 2.32. The molecule has 0 spiro atoms. The molecule has 1 saturated carbocycles. The number of hydrogen-bond donors (Lipinski definition) is 1. The average molecular weight is 317 g/mol. The molecule has 0 aromatic heterocycles. The van der Waals surface area contributed by atoms with Gasteiger partial charge in [-0.3, -0.25) is 4.79 Å². The highest BCUT2D eigenvalue weighted by molar-refractivity contribution is 9.09. The first-order valence-electron chi connectivity index (χ1n) is 5.88. The van der Waals surface area contributed by atoms with Crippen molar-refractivity contribution in [2.24, 2.45) is 0 Å². The van der Waals surface area contributed by atoms with Gasteiger partial charge in [-0.05, 0) is 25.0 Å². The second kappa shape index (κ2) is 5.87. The molecule has 0 radical (unpaired) electrons. The monoisotopic (exact) mass is 315 g/mol. The molecule has 1 N–H and O–H groups in total. The van der Waals surface area contributed by atoms with E-state index in [-0.39, 0.29) is 11.9 Å². The van der Waals surface area contributed by atoms with Gasteiger partial charge in [0.25, 0.3) is 5.91 Å². The van der Waals surface area contributed by atoms with Crippen molar-refractivity contribution in [2.75, 3.05) is 0 Å². The highest BCUT2D eigenvalue weighted by Crippen LogP contribution is 2.25. The Balaban J connectivity index is 2.04. The van der Waals surface area contributed by atoms with E-state index in [1.165, 1.54) is 12.8 Å². The van der Waals surface area contributed by atoms with Crippen molar-refractivity contribution < 1.29 is 4.79 Å². The topological polar surface area (TPSA) is 29.1 Å². The van der Waals surface area contributed by atoms with Crippen molar-refractivity contribution >= 4 is 33.4 Å². The number of halogens is 2. The van der Waals surface area contributed by atoms with Crippen LogP contribution in [0.3, 0.4) is 0 Å². The molecule has 0 aliphatic heterocycles. The van der Waals surface area contributed by atoms with Crippen LogP contribution < -0.4 is 5.32 Å². The minimum Gasteiger partial charge on any atom is -0.348 e. The molecular formula is C13H15BrClNO. The van der Waals surface area contributed by atoms with Gasteiger partial charge in [-0.2, -0.15) is 0 Å². The van der Waals surface area contributed by atoms with E-state index in [0.717, 1.165) is 12.8 Å². The zero-order chi connectivity index (χ0) is 12.3. The Morgan fingerprint density at radius 1 is 1.29 bits per heavy atom. The maximum Gasteiger partial charge on any atom is 0.253 e. The minimum absolute atomic E-state index is 0.0769. The van der Waals surface area contributed by atoms with Gasteiger partial charge in [0.15, 0.2) is 0 Å². The summed E-state index contributed by atoms with van der Waals surface area (Å²) in [6.45, 7) is 0. The molecule has 2 unspecified atom stereocenters. The van der Waals surface area contributed by atoms with Crippen molar-refractivity contribution in [1.29, 1.82) is 0 Å². The van der Waals surface area contributed by atoms with Gasteiger partial charge in [-0.1, -0.05) is 52.5 Å². The highest BCUT2D eigenvalue weighted by Gasteiger charge is 2.24. The Hall–Kier alpha value is -0.540. The van der Waals surface area contributed by atoms with Gasteiger partial charge in [0.2, 0.25) is 0 Å². The van der Waals surface area contributed by atoms with Crippen LogP contribution in [0.5, 0.6) is 0 Å². The summed E-state index contributed by atoms with van der Waals surface area (Å²) in [5.74, 6) is -0.0769. The first kappa shape index (κ1) is 12.9. The predicted molar refractivity (Wildman–Crippen MR) is 73.9 cm³/mol. The Labute approximate surface area is 115 Å². The van der Waals surface area contributed by atoms with Gasteiger partial charge in [-0.15, -0.1) is 0 Å². The van der Waals surface area contributed by atoms with Crippen LogP contribution in [0.1, 0.15) is 36.0 Å². The second-order valence-electron chi connectivity index (χ2n) is 4.36. The number of carbonyl (C=O) groups excluding carboxylic acids is 1. The quantitative estimate of drug-likeness (QED) is 0.827. The van der Waals surface area contributed by atoms with Gasteiger partial charge < -0.3 is 5.32 Å². The van der Waals surface area contributed by atoms with Crippen molar-refractivity contribution in [2.45, 2.75) is 36.6 Å². The number of amides is 1. The van der Waals surface area contributed by atoms with Crippen LogP contribution >= 0.6 is 27.5 Å². The lowest BCUT2D eigenvalue weighted by Gasteiger charge is -2.28. The van der Waals surface area contributed by atoms with Crippen LogP contribution in [0.2, 0.25) is 5.02 Å². The van der Waals surface area contributed by atoms with E-state index in [0.29, 0.717) is 15.4 Å². The Morgan fingerprint density at radius 2 is 2.00 bits per heavy atom. The highest BCUT2D eigenvalue weighted by atomic mass is 79.9. The van der Waals surface area contributed by atoms with E-state index < -0.39 is 0 Å². The van der Waals surface area contributed by atoms with E-state index in [1.807, 2.05) is 12.1 Å². The van der Waals surface area contributed by atoms with Gasteiger partial charge in [-0.25, -0.2) is 0 Å². The fraction of sp³-hybridized carbons (Fsp3) is 0.462. The molecule has 1 aliphatic rings. The lowest BCUT2D eigenvalue weighted by Crippen LogP contribution is -2.42. The third-order valence-corrected chi connectivity index (χ3v) is 4.54. The maximum atomic E-state index is 12.1. The van der Waals surface area contributed by atoms with Crippen molar-refractivity contribution in [3.63, 3.8) is 0 Å². The zero-order valence-corrected chi connectivity index (χ0v) is 11.8. The van der Waals surface area contributed by atoms with Crippen LogP contribution in [0.15, 0.2) is 24.3 Å². The van der Waals surface area contributed by atoms with Crippen LogP contribution in [0.25, 0.3) is 0 Å². The summed E-state index contributed by atoms with van der Waals surface area (Å²) in [6.07, 6.45) is 4.56. The van der Waals surface area contributed by atoms with Crippen LogP contribution in [0.4, 0.5) is 0 Å². The minimum atomic E-state index is -0.0769. The van der Waals surface area contributed by atoms with Gasteiger partial charge in [0.05, 0.1) is 10.6 Å². The Bertz CT molecular complexity index is 410. The van der Waals surface area contributed by atoms with E-state index in [1.54, 1.807) is 12.1 Å². The summed E-state index contributed by atoms with van der Waals surface area (Å²) in [6, 6.07) is 7.36. The molecule has 1 aromatic carbocycles. The lowest BCUT2D eigenvalue weighted by molar-refractivity contribution is 0.0930. The SMILES string of the molecule is O=C(NC1CCCCC1Br)c1ccccc1Cl. The van der Waals surface area contributed by atoms with Crippen molar-refractivity contribution in [1.82, 2.24) is 5.32 Å². The van der Waals surface area contributed by atoms with E-state index in [2.05, 4.69) is 21.2 Å². The zero-order valence-electron chi connectivity index (χ0n) is 9.46. The molecule has 2 rings (SSSR count). The van der Waals surface area contributed by atoms with Crippen molar-refractivity contribution in [3.8, 4) is 0 Å². The molecule has 0 bridgehead atoms. The second-order valence-corrected chi connectivity index (χ2v) is 5.94. The number of benzene rings is 1. The fourth-order valence-corrected chi connectivity index (χ4v) is 3.08. The van der Waals surface area contributed by atoms with E-state index in [4.69, 9.17) is 11.6 Å². The Morgan fingerprint density at radius 3 is 2.71 bits per heavy atom. The molecule has 1 amide bonds. The summed E-state index contributed by atoms with van der Waals surface area (Å²) in [5, 5.41) is 3.56. The van der Waals surface area contributed by atoms with Gasteiger partial charge >= 0.3 is 0 Å².